The van der Waals surface area contributed by atoms with Gasteiger partial charge >= 0.3 is 0 Å². The van der Waals surface area contributed by atoms with Crippen molar-refractivity contribution in [3.63, 3.8) is 0 Å². The van der Waals surface area contributed by atoms with Crippen LogP contribution in [-0.2, 0) is 20.1 Å². The van der Waals surface area contributed by atoms with Crippen molar-refractivity contribution in [1.82, 2.24) is 19.9 Å². The molecule has 1 radical (unpaired) electrons. The molecule has 87 heavy (non-hydrogen) atoms. The summed E-state index contributed by atoms with van der Waals surface area (Å²) in [5, 5.41) is 0. The Morgan fingerprint density at radius 3 is 1.16 bits per heavy atom. The molecule has 14 rings (SSSR count). The summed E-state index contributed by atoms with van der Waals surface area (Å²) in [6.45, 7) is 2.15. The Bertz CT molecular complexity index is 4690. The fraction of sp³-hybridized carbons (Fsp3) is 0.0244. The van der Waals surface area contributed by atoms with Crippen molar-refractivity contribution in [2.75, 3.05) is 0 Å². The summed E-state index contributed by atoms with van der Waals surface area (Å²) in [7, 11) is 0. The summed E-state index contributed by atoms with van der Waals surface area (Å²) >= 11 is 0. The van der Waals surface area contributed by atoms with Crippen LogP contribution in [0.3, 0.4) is 0 Å². The Kier molecular flexibility index (Phi) is 16.2. The van der Waals surface area contributed by atoms with Crippen LogP contribution in [0, 0.1) is 19.1 Å². The second-order valence-electron chi connectivity index (χ2n) is 21.5. The van der Waals surface area contributed by atoms with Crippen LogP contribution in [0.25, 0.3) is 129 Å². The van der Waals surface area contributed by atoms with Crippen LogP contribution in [0.5, 0.6) is 0 Å². The van der Waals surface area contributed by atoms with E-state index in [9.17, 15) is 0 Å². The van der Waals surface area contributed by atoms with Crippen LogP contribution in [0.15, 0.2) is 310 Å². The van der Waals surface area contributed by atoms with Gasteiger partial charge in [-0.15, -0.1) is 47.5 Å². The molecule has 0 spiro atoms. The van der Waals surface area contributed by atoms with E-state index in [0.29, 0.717) is 6.42 Å². The number of nitrogens with zero attached hydrogens (tertiary/aromatic N) is 4. The molecule has 4 nitrogen and oxygen atoms in total. The predicted octanol–water partition coefficient (Wildman–Crippen LogP) is 20.8. The van der Waals surface area contributed by atoms with E-state index in [4.69, 9.17) is 19.9 Å². The van der Waals surface area contributed by atoms with Gasteiger partial charge in [-0.05, 0) is 127 Å². The standard InChI is InChI=1S/C82H56N4.Ir/c1-56-48-81(85-54-77(56)60-30-12-5-13-31-60)82-53-76(59-28-10-4-11-29-59)78(55-86-82)71-37-19-15-33-67(71)62-41-40-61(66-32-14-17-35-69(66)72-44-42-63(79-38-20-22-46-83-79)51-74(72)57-24-6-2-7-25-57)49-65(50-62)68-34-16-18-36-70(68)73-45-43-64(80-39-21-23-47-84-80)52-75(73)58-26-8-3-9-27-58;/h2-40,44-55H,41H2,1H3;/q-2;. The minimum absolute atomic E-state index is 0. The quantitative estimate of drug-likeness (QED) is 0.108. The van der Waals surface area contributed by atoms with Crippen molar-refractivity contribution in [3.05, 3.63) is 344 Å². The molecule has 0 atom stereocenters. The third-order valence-electron chi connectivity index (χ3n) is 16.2. The van der Waals surface area contributed by atoms with Crippen molar-refractivity contribution in [3.8, 4) is 112 Å². The van der Waals surface area contributed by atoms with Crippen molar-refractivity contribution >= 4 is 16.7 Å². The van der Waals surface area contributed by atoms with Crippen LogP contribution >= 0.6 is 0 Å². The maximum Gasteiger partial charge on any atom is 0.0892 e. The van der Waals surface area contributed by atoms with Gasteiger partial charge in [-0.2, -0.15) is 0 Å². The first kappa shape index (κ1) is 55.6. The molecule has 9 aromatic carbocycles. The van der Waals surface area contributed by atoms with Gasteiger partial charge in [0.05, 0.1) is 11.4 Å². The molecular weight excluding hydrogens is 1230 g/mol. The molecule has 0 N–H and O–H groups in total. The summed E-state index contributed by atoms with van der Waals surface area (Å²) in [5.41, 5.74) is 28.5. The topological polar surface area (TPSA) is 51.6 Å². The van der Waals surface area contributed by atoms with E-state index in [2.05, 4.69) is 268 Å². The van der Waals surface area contributed by atoms with Gasteiger partial charge in [0.15, 0.2) is 0 Å². The van der Waals surface area contributed by atoms with E-state index in [1.165, 1.54) is 5.57 Å². The minimum Gasteiger partial charge on any atom is -0.305 e. The second kappa shape index (κ2) is 25.3. The van der Waals surface area contributed by atoms with Crippen molar-refractivity contribution in [2.24, 2.45) is 0 Å². The van der Waals surface area contributed by atoms with Gasteiger partial charge in [-0.1, -0.05) is 264 Å². The van der Waals surface area contributed by atoms with E-state index in [-0.39, 0.29) is 20.1 Å². The molecule has 1 aliphatic rings. The van der Waals surface area contributed by atoms with Crippen molar-refractivity contribution in [2.45, 2.75) is 13.3 Å². The van der Waals surface area contributed by atoms with Crippen LogP contribution in [0.1, 0.15) is 28.7 Å². The van der Waals surface area contributed by atoms with Gasteiger partial charge in [-0.25, -0.2) is 0 Å². The van der Waals surface area contributed by atoms with Gasteiger partial charge in [0, 0.05) is 56.0 Å². The molecule has 415 valence electrons. The minimum atomic E-state index is 0. The molecule has 0 bridgehead atoms. The van der Waals surface area contributed by atoms with Crippen molar-refractivity contribution in [1.29, 1.82) is 0 Å². The van der Waals surface area contributed by atoms with E-state index >= 15 is 0 Å². The summed E-state index contributed by atoms with van der Waals surface area (Å²) in [5.74, 6) is 0. The van der Waals surface area contributed by atoms with Gasteiger partial charge in [0.25, 0.3) is 0 Å². The van der Waals surface area contributed by atoms with Crippen LogP contribution < -0.4 is 0 Å². The molecule has 4 heterocycles. The first-order chi connectivity index (χ1) is 42.6. The fourth-order valence-corrected chi connectivity index (χ4v) is 12.0. The molecule has 0 saturated heterocycles. The molecule has 0 amide bonds. The Hall–Kier alpha value is -10.6. The fourth-order valence-electron chi connectivity index (χ4n) is 12.0. The van der Waals surface area contributed by atoms with E-state index in [1.807, 2.05) is 61.1 Å². The third kappa shape index (κ3) is 11.6. The van der Waals surface area contributed by atoms with Gasteiger partial charge < -0.3 is 9.97 Å². The second-order valence-corrected chi connectivity index (χ2v) is 21.5. The van der Waals surface area contributed by atoms with Crippen LogP contribution in [-0.4, -0.2) is 19.9 Å². The zero-order chi connectivity index (χ0) is 57.6. The first-order valence-electron chi connectivity index (χ1n) is 29.1. The maximum atomic E-state index is 5.25. The first-order valence-corrected chi connectivity index (χ1v) is 29.1. The molecule has 0 fully saturated rings. The summed E-state index contributed by atoms with van der Waals surface area (Å²) in [4.78, 5) is 19.8. The number of pyridine rings is 4. The normalized spacial score (nSPS) is 12.0. The summed E-state index contributed by atoms with van der Waals surface area (Å²) in [6, 6.07) is 102. The van der Waals surface area contributed by atoms with Crippen LogP contribution in [0.2, 0.25) is 0 Å². The van der Waals surface area contributed by atoms with E-state index in [1.54, 1.807) is 0 Å². The number of aryl methyl sites for hydroxylation is 1. The van der Waals surface area contributed by atoms with Gasteiger partial charge in [0.2, 0.25) is 0 Å². The summed E-state index contributed by atoms with van der Waals surface area (Å²) in [6.07, 6.45) is 15.6. The third-order valence-corrected chi connectivity index (χ3v) is 16.2. The molecule has 5 heteroatoms. The zero-order valence-corrected chi connectivity index (χ0v) is 50.2. The molecular formula is C82H56IrN4-2. The Labute approximate surface area is 522 Å². The molecule has 0 unspecified atom stereocenters. The monoisotopic (exact) mass is 1290 g/mol. The van der Waals surface area contributed by atoms with Gasteiger partial charge in [-0.3, -0.25) is 9.97 Å². The summed E-state index contributed by atoms with van der Waals surface area (Å²) < 4.78 is 0. The number of hydrogen-bond acceptors (Lipinski definition) is 4. The number of hydrogen-bond donors (Lipinski definition) is 0. The van der Waals surface area contributed by atoms with Crippen LogP contribution in [0.4, 0.5) is 0 Å². The van der Waals surface area contributed by atoms with E-state index in [0.717, 1.165) is 145 Å². The largest absolute Gasteiger partial charge is 0.305 e. The molecule has 13 aromatic rings. The zero-order valence-electron chi connectivity index (χ0n) is 47.8. The smallest absolute Gasteiger partial charge is 0.0892 e. The number of benzene rings is 9. The predicted molar refractivity (Wildman–Crippen MR) is 356 cm³/mol. The number of allylic oxidation sites excluding steroid dienone is 6. The molecule has 1 aliphatic carbocycles. The average molecular weight is 1290 g/mol. The molecule has 0 aliphatic heterocycles. The van der Waals surface area contributed by atoms with E-state index < -0.39 is 0 Å². The Morgan fingerprint density at radius 1 is 0.299 bits per heavy atom. The number of rotatable bonds is 13. The molecule has 0 saturated carbocycles. The SMILES string of the molecule is Cc1cc(-c2cc(-c3ccccc3)c(-c3ccccc3C3=CC(c4ccccc4-c4c[c-]c(-c5ccccn5)cc4-c4ccccc4)=CC(c4ccccc4-c4c[c-]c(-c5ccccn5)cc4-c4ccccc4)=CC3)cn2)ncc1-c1ccccc1.[Ir]. The molecule has 4 aromatic heterocycles. The van der Waals surface area contributed by atoms with Gasteiger partial charge in [0.1, 0.15) is 0 Å². The number of aromatic nitrogens is 4. The Morgan fingerprint density at radius 2 is 0.690 bits per heavy atom. The average Bonchev–Trinajstić information content (AvgIpc) is 2.87. The Balaban J connectivity index is 0.00000700. The maximum absolute atomic E-state index is 5.25. The van der Waals surface area contributed by atoms with Crippen molar-refractivity contribution < 1.29 is 20.1 Å².